The van der Waals surface area contributed by atoms with E-state index in [1.54, 1.807) is 6.20 Å². The topological polar surface area (TPSA) is 55.1 Å². The first-order valence-corrected chi connectivity index (χ1v) is 7.63. The smallest absolute Gasteiger partial charge is 0.339 e. The Morgan fingerprint density at radius 1 is 1.10 bits per heavy atom. The van der Waals surface area contributed by atoms with Crippen molar-refractivity contribution in [2.75, 3.05) is 0 Å². The van der Waals surface area contributed by atoms with Crippen molar-refractivity contribution < 1.29 is 9.90 Å². The first-order valence-electron chi connectivity index (χ1n) is 7.63. The molecule has 1 aromatic carbocycles. The number of hydrogen-bond acceptors (Lipinski definition) is 2. The SMILES string of the molecule is O=C(O)c1cn(C2CCCCCC2)nc1-c1ccccc1. The molecule has 4 nitrogen and oxygen atoms in total. The largest absolute Gasteiger partial charge is 0.478 e. The maximum atomic E-state index is 11.5. The highest BCUT2D eigenvalue weighted by Gasteiger charge is 2.21. The van der Waals surface area contributed by atoms with E-state index in [-0.39, 0.29) is 0 Å². The van der Waals surface area contributed by atoms with Crippen LogP contribution >= 0.6 is 0 Å². The van der Waals surface area contributed by atoms with Crippen LogP contribution in [0.15, 0.2) is 36.5 Å². The second-order valence-corrected chi connectivity index (χ2v) is 5.69. The molecule has 1 aromatic heterocycles. The van der Waals surface area contributed by atoms with Gasteiger partial charge >= 0.3 is 5.97 Å². The van der Waals surface area contributed by atoms with Crippen LogP contribution in [0.25, 0.3) is 11.3 Å². The minimum absolute atomic E-state index is 0.297. The van der Waals surface area contributed by atoms with Crippen molar-refractivity contribution in [1.82, 2.24) is 9.78 Å². The van der Waals surface area contributed by atoms with Gasteiger partial charge in [0.25, 0.3) is 0 Å². The fourth-order valence-corrected chi connectivity index (χ4v) is 3.07. The lowest BCUT2D eigenvalue weighted by molar-refractivity contribution is 0.0697. The molecule has 1 aliphatic carbocycles. The number of carboxylic acids is 1. The predicted octanol–water partition coefficient (Wildman–Crippen LogP) is 4.14. The molecule has 3 rings (SSSR count). The van der Waals surface area contributed by atoms with Crippen LogP contribution in [-0.4, -0.2) is 20.9 Å². The first-order chi connectivity index (χ1) is 10.3. The number of carboxylic acid groups (broad SMARTS) is 1. The molecule has 0 aliphatic heterocycles. The van der Waals surface area contributed by atoms with Crippen LogP contribution in [0.5, 0.6) is 0 Å². The number of aromatic carboxylic acids is 1. The normalized spacial score (nSPS) is 16.6. The van der Waals surface area contributed by atoms with Gasteiger partial charge in [-0.25, -0.2) is 4.79 Å². The van der Waals surface area contributed by atoms with Gasteiger partial charge in [-0.15, -0.1) is 0 Å². The van der Waals surface area contributed by atoms with Crippen LogP contribution < -0.4 is 0 Å². The molecule has 0 amide bonds. The molecule has 110 valence electrons. The summed E-state index contributed by atoms with van der Waals surface area (Å²) in [5.74, 6) is -0.909. The van der Waals surface area contributed by atoms with Gasteiger partial charge in [0.15, 0.2) is 0 Å². The van der Waals surface area contributed by atoms with Crippen LogP contribution in [0.2, 0.25) is 0 Å². The first kappa shape index (κ1) is 13.9. The summed E-state index contributed by atoms with van der Waals surface area (Å²) in [5.41, 5.74) is 1.74. The van der Waals surface area contributed by atoms with Gasteiger partial charge in [0.05, 0.1) is 6.04 Å². The third kappa shape index (κ3) is 2.99. The van der Waals surface area contributed by atoms with Crippen molar-refractivity contribution in [3.05, 3.63) is 42.1 Å². The molecule has 2 aromatic rings. The minimum Gasteiger partial charge on any atom is -0.478 e. The maximum Gasteiger partial charge on any atom is 0.339 e. The number of carbonyl (C=O) groups is 1. The zero-order valence-corrected chi connectivity index (χ0v) is 12.0. The van der Waals surface area contributed by atoms with Crippen LogP contribution in [0.1, 0.15) is 54.9 Å². The monoisotopic (exact) mass is 284 g/mol. The average molecular weight is 284 g/mol. The lowest BCUT2D eigenvalue weighted by atomic mass is 10.1. The molecule has 1 aliphatic rings. The number of aromatic nitrogens is 2. The summed E-state index contributed by atoms with van der Waals surface area (Å²) in [6.07, 6.45) is 8.84. The summed E-state index contributed by atoms with van der Waals surface area (Å²) in [6, 6.07) is 9.89. The molecule has 0 radical (unpaired) electrons. The molecule has 21 heavy (non-hydrogen) atoms. The number of hydrogen-bond donors (Lipinski definition) is 1. The quantitative estimate of drug-likeness (QED) is 0.862. The molecular formula is C17H20N2O2. The van der Waals surface area contributed by atoms with Crippen molar-refractivity contribution in [3.8, 4) is 11.3 Å². The lowest BCUT2D eigenvalue weighted by Crippen LogP contribution is -2.08. The second-order valence-electron chi connectivity index (χ2n) is 5.69. The number of nitrogens with zero attached hydrogens (tertiary/aromatic N) is 2. The molecule has 1 fully saturated rings. The molecule has 4 heteroatoms. The third-order valence-corrected chi connectivity index (χ3v) is 4.21. The van der Waals surface area contributed by atoms with Crippen molar-refractivity contribution in [2.45, 2.75) is 44.6 Å². The summed E-state index contributed by atoms with van der Waals surface area (Å²) in [6.45, 7) is 0. The van der Waals surface area contributed by atoms with E-state index in [1.807, 2.05) is 35.0 Å². The van der Waals surface area contributed by atoms with Gasteiger partial charge in [-0.3, -0.25) is 4.68 Å². The second kappa shape index (κ2) is 6.12. The Kier molecular flexibility index (Phi) is 4.04. The van der Waals surface area contributed by atoms with Crippen molar-refractivity contribution in [2.24, 2.45) is 0 Å². The van der Waals surface area contributed by atoms with Gasteiger partial charge in [0.1, 0.15) is 11.3 Å². The molecule has 0 spiro atoms. The van der Waals surface area contributed by atoms with E-state index in [0.717, 1.165) is 18.4 Å². The van der Waals surface area contributed by atoms with Crippen LogP contribution in [0.3, 0.4) is 0 Å². The molecule has 1 heterocycles. The average Bonchev–Trinajstić information content (AvgIpc) is 2.77. The van der Waals surface area contributed by atoms with Crippen LogP contribution in [0, 0.1) is 0 Å². The summed E-state index contributed by atoms with van der Waals surface area (Å²) in [4.78, 5) is 11.5. The van der Waals surface area contributed by atoms with E-state index in [0.29, 0.717) is 17.3 Å². The Bertz CT molecular complexity index is 611. The molecule has 0 bridgehead atoms. The Hall–Kier alpha value is -2.10. The molecule has 1 N–H and O–H groups in total. The predicted molar refractivity (Wildman–Crippen MR) is 81.4 cm³/mol. The highest BCUT2D eigenvalue weighted by atomic mass is 16.4. The van der Waals surface area contributed by atoms with Gasteiger partial charge < -0.3 is 5.11 Å². The Labute approximate surface area is 124 Å². The van der Waals surface area contributed by atoms with E-state index >= 15 is 0 Å². The summed E-state index contributed by atoms with van der Waals surface area (Å²) in [5, 5.41) is 14.0. The third-order valence-electron chi connectivity index (χ3n) is 4.21. The molecule has 1 saturated carbocycles. The van der Waals surface area contributed by atoms with E-state index in [9.17, 15) is 9.90 Å². The van der Waals surface area contributed by atoms with Gasteiger partial charge in [0, 0.05) is 11.8 Å². The summed E-state index contributed by atoms with van der Waals surface area (Å²) < 4.78 is 1.89. The van der Waals surface area contributed by atoms with Crippen molar-refractivity contribution >= 4 is 5.97 Å². The Balaban J connectivity index is 1.98. The van der Waals surface area contributed by atoms with Gasteiger partial charge in [0.2, 0.25) is 0 Å². The summed E-state index contributed by atoms with van der Waals surface area (Å²) >= 11 is 0. The van der Waals surface area contributed by atoms with E-state index in [2.05, 4.69) is 5.10 Å². The van der Waals surface area contributed by atoms with E-state index in [4.69, 9.17) is 0 Å². The van der Waals surface area contributed by atoms with E-state index in [1.165, 1.54) is 25.7 Å². The lowest BCUT2D eigenvalue weighted by Gasteiger charge is -2.14. The number of rotatable bonds is 3. The Morgan fingerprint density at radius 2 is 1.76 bits per heavy atom. The molecule has 0 saturated heterocycles. The Morgan fingerprint density at radius 3 is 2.38 bits per heavy atom. The molecular weight excluding hydrogens is 264 g/mol. The van der Waals surface area contributed by atoms with Crippen molar-refractivity contribution in [1.29, 1.82) is 0 Å². The highest BCUT2D eigenvalue weighted by molar-refractivity contribution is 5.94. The van der Waals surface area contributed by atoms with Gasteiger partial charge in [-0.2, -0.15) is 5.10 Å². The zero-order chi connectivity index (χ0) is 14.7. The van der Waals surface area contributed by atoms with Crippen molar-refractivity contribution in [3.63, 3.8) is 0 Å². The summed E-state index contributed by atoms with van der Waals surface area (Å²) in [7, 11) is 0. The zero-order valence-electron chi connectivity index (χ0n) is 12.0. The maximum absolute atomic E-state index is 11.5. The molecule has 0 atom stereocenters. The molecule has 0 unspecified atom stereocenters. The number of benzene rings is 1. The standard InChI is InChI=1S/C17H20N2O2/c20-17(21)15-12-19(14-10-6-1-2-7-11-14)18-16(15)13-8-4-3-5-9-13/h3-5,8-9,12,14H,1-2,6-7,10-11H2,(H,20,21). The van der Waals surface area contributed by atoms with E-state index < -0.39 is 5.97 Å². The fourth-order valence-electron chi connectivity index (χ4n) is 3.07. The van der Waals surface area contributed by atoms with Gasteiger partial charge in [-0.1, -0.05) is 56.0 Å². The van der Waals surface area contributed by atoms with Crippen LogP contribution in [0.4, 0.5) is 0 Å². The van der Waals surface area contributed by atoms with Crippen LogP contribution in [-0.2, 0) is 0 Å². The fraction of sp³-hybridized carbons (Fsp3) is 0.412. The highest BCUT2D eigenvalue weighted by Crippen LogP contribution is 2.30. The minimum atomic E-state index is -0.909. The van der Waals surface area contributed by atoms with Gasteiger partial charge in [-0.05, 0) is 12.8 Å².